The molecule has 0 heterocycles. The van der Waals surface area contributed by atoms with Crippen molar-refractivity contribution in [1.82, 2.24) is 0 Å². The van der Waals surface area contributed by atoms with Gasteiger partial charge in [-0.25, -0.2) is 4.79 Å². The Labute approximate surface area is 81.3 Å². The molecule has 0 aliphatic carbocycles. The number of carboxylic acid groups (broad SMARTS) is 1. The first-order valence-electron chi connectivity index (χ1n) is 4.08. The predicted molar refractivity (Wildman–Crippen MR) is 52.6 cm³/mol. The van der Waals surface area contributed by atoms with Crippen molar-refractivity contribution in [2.75, 3.05) is 5.73 Å². The highest BCUT2D eigenvalue weighted by Crippen LogP contribution is 2.19. The van der Waals surface area contributed by atoms with Crippen molar-refractivity contribution in [1.29, 1.82) is 0 Å². The highest BCUT2D eigenvalue weighted by molar-refractivity contribution is 6.00. The van der Waals surface area contributed by atoms with E-state index in [0.717, 1.165) is 0 Å². The number of aryl methyl sites for hydroxylation is 1. The van der Waals surface area contributed by atoms with Gasteiger partial charge in [0.25, 0.3) is 0 Å². The molecular weight excluding hydrogens is 182 g/mol. The van der Waals surface area contributed by atoms with Crippen LogP contribution in [0.1, 0.15) is 33.2 Å². The number of aromatic carboxylic acids is 1. The first-order chi connectivity index (χ1) is 6.43. The van der Waals surface area contributed by atoms with Crippen molar-refractivity contribution >= 4 is 17.4 Å². The third-order valence-electron chi connectivity index (χ3n) is 2.01. The summed E-state index contributed by atoms with van der Waals surface area (Å²) in [7, 11) is 0. The second-order valence-electron chi connectivity index (χ2n) is 3.12. The molecule has 0 unspecified atom stereocenters. The van der Waals surface area contributed by atoms with Crippen LogP contribution in [-0.4, -0.2) is 16.9 Å². The molecule has 74 valence electrons. The minimum absolute atomic E-state index is 0.0347. The van der Waals surface area contributed by atoms with Crippen molar-refractivity contribution in [2.45, 2.75) is 13.8 Å². The van der Waals surface area contributed by atoms with Gasteiger partial charge in [-0.05, 0) is 31.5 Å². The van der Waals surface area contributed by atoms with Crippen LogP contribution in [0.3, 0.4) is 0 Å². The Morgan fingerprint density at radius 2 is 1.86 bits per heavy atom. The maximum absolute atomic E-state index is 11.1. The summed E-state index contributed by atoms with van der Waals surface area (Å²) in [6, 6.07) is 2.81. The molecule has 1 rings (SSSR count). The lowest BCUT2D eigenvalue weighted by Crippen LogP contribution is -2.06. The van der Waals surface area contributed by atoms with E-state index in [2.05, 4.69) is 0 Å². The summed E-state index contributed by atoms with van der Waals surface area (Å²) in [5.41, 5.74) is 6.74. The molecule has 0 saturated heterocycles. The molecule has 4 heteroatoms. The average molecular weight is 193 g/mol. The highest BCUT2D eigenvalue weighted by atomic mass is 16.4. The summed E-state index contributed by atoms with van der Waals surface area (Å²) in [6.07, 6.45) is 0. The Kier molecular flexibility index (Phi) is 2.56. The van der Waals surface area contributed by atoms with Gasteiger partial charge in [0.15, 0.2) is 5.78 Å². The van der Waals surface area contributed by atoms with E-state index in [-0.39, 0.29) is 17.0 Å². The zero-order chi connectivity index (χ0) is 10.9. The lowest BCUT2D eigenvalue weighted by atomic mass is 10.0. The lowest BCUT2D eigenvalue weighted by molar-refractivity contribution is 0.0697. The molecule has 0 saturated carbocycles. The average Bonchev–Trinajstić information content (AvgIpc) is 2.07. The fourth-order valence-corrected chi connectivity index (χ4v) is 1.29. The Hall–Kier alpha value is -1.84. The summed E-state index contributed by atoms with van der Waals surface area (Å²) in [4.78, 5) is 21.8. The van der Waals surface area contributed by atoms with Gasteiger partial charge in [-0.2, -0.15) is 0 Å². The molecule has 0 aliphatic rings. The lowest BCUT2D eigenvalue weighted by Gasteiger charge is -2.06. The maximum Gasteiger partial charge on any atom is 0.337 e. The van der Waals surface area contributed by atoms with Gasteiger partial charge in [-0.1, -0.05) is 0 Å². The summed E-state index contributed by atoms with van der Waals surface area (Å²) in [5.74, 6) is -1.20. The topological polar surface area (TPSA) is 80.4 Å². The third-order valence-corrected chi connectivity index (χ3v) is 2.01. The first-order valence-corrected chi connectivity index (χ1v) is 4.08. The SMILES string of the molecule is CC(=O)c1cc(N)c(C(=O)O)cc1C. The van der Waals surface area contributed by atoms with Crippen molar-refractivity contribution in [3.63, 3.8) is 0 Å². The van der Waals surface area contributed by atoms with Crippen LogP contribution in [0.5, 0.6) is 0 Å². The number of carbonyl (C=O) groups is 2. The quantitative estimate of drug-likeness (QED) is 0.550. The number of rotatable bonds is 2. The minimum atomic E-state index is -1.08. The normalized spacial score (nSPS) is 9.86. The number of carboxylic acids is 1. The molecule has 0 aromatic heterocycles. The summed E-state index contributed by atoms with van der Waals surface area (Å²) in [5, 5.41) is 8.75. The zero-order valence-electron chi connectivity index (χ0n) is 8.00. The van der Waals surface area contributed by atoms with E-state index in [1.807, 2.05) is 0 Å². The molecule has 0 fully saturated rings. The number of ketones is 1. The van der Waals surface area contributed by atoms with E-state index in [1.54, 1.807) is 6.92 Å². The Balaban J connectivity index is 3.38. The van der Waals surface area contributed by atoms with E-state index in [4.69, 9.17) is 10.8 Å². The monoisotopic (exact) mass is 193 g/mol. The van der Waals surface area contributed by atoms with E-state index >= 15 is 0 Å². The van der Waals surface area contributed by atoms with Gasteiger partial charge in [0, 0.05) is 11.3 Å². The first kappa shape index (κ1) is 10.2. The number of Topliss-reactive ketones (excluding diaryl/α,β-unsaturated/α-hetero) is 1. The number of benzene rings is 1. The molecular formula is C10H11NO3. The van der Waals surface area contributed by atoms with Gasteiger partial charge in [0.2, 0.25) is 0 Å². The number of carbonyl (C=O) groups excluding carboxylic acids is 1. The van der Waals surface area contributed by atoms with Crippen LogP contribution in [0.25, 0.3) is 0 Å². The molecule has 4 nitrogen and oxygen atoms in total. The summed E-state index contributed by atoms with van der Waals surface area (Å²) >= 11 is 0. The molecule has 0 spiro atoms. The van der Waals surface area contributed by atoms with Crippen molar-refractivity contribution in [3.05, 3.63) is 28.8 Å². The van der Waals surface area contributed by atoms with Crippen LogP contribution in [-0.2, 0) is 0 Å². The smallest absolute Gasteiger partial charge is 0.337 e. The van der Waals surface area contributed by atoms with E-state index in [0.29, 0.717) is 11.1 Å². The standard InChI is InChI=1S/C10H11NO3/c1-5-3-8(10(13)14)9(11)4-7(5)6(2)12/h3-4H,11H2,1-2H3,(H,13,14). The highest BCUT2D eigenvalue weighted by Gasteiger charge is 2.12. The molecule has 1 aromatic carbocycles. The van der Waals surface area contributed by atoms with Gasteiger partial charge in [0.1, 0.15) is 0 Å². The molecule has 0 amide bonds. The molecule has 1 aromatic rings. The second kappa shape index (κ2) is 3.49. The zero-order valence-corrected chi connectivity index (χ0v) is 8.00. The number of nitrogen functional groups attached to an aromatic ring is 1. The number of nitrogens with two attached hydrogens (primary N) is 1. The fraction of sp³-hybridized carbons (Fsp3) is 0.200. The maximum atomic E-state index is 11.1. The number of hydrogen-bond acceptors (Lipinski definition) is 3. The molecule has 3 N–H and O–H groups in total. The Bertz CT molecular complexity index is 370. The summed E-state index contributed by atoms with van der Waals surface area (Å²) < 4.78 is 0. The second-order valence-corrected chi connectivity index (χ2v) is 3.12. The van der Waals surface area contributed by atoms with Gasteiger partial charge in [-0.15, -0.1) is 0 Å². The van der Waals surface area contributed by atoms with Crippen LogP contribution >= 0.6 is 0 Å². The third kappa shape index (κ3) is 1.74. The molecule has 14 heavy (non-hydrogen) atoms. The van der Waals surface area contributed by atoms with Crippen molar-refractivity contribution in [3.8, 4) is 0 Å². The molecule has 0 aliphatic heterocycles. The predicted octanol–water partition coefficient (Wildman–Crippen LogP) is 1.48. The number of hydrogen-bond donors (Lipinski definition) is 2. The van der Waals surface area contributed by atoms with Crippen LogP contribution in [0.4, 0.5) is 5.69 Å². The van der Waals surface area contributed by atoms with E-state index in [1.165, 1.54) is 19.1 Å². The van der Waals surface area contributed by atoms with Crippen LogP contribution in [0.2, 0.25) is 0 Å². The van der Waals surface area contributed by atoms with Gasteiger partial charge in [0.05, 0.1) is 5.56 Å². The van der Waals surface area contributed by atoms with E-state index in [9.17, 15) is 9.59 Å². The fourth-order valence-electron chi connectivity index (χ4n) is 1.29. The van der Waals surface area contributed by atoms with E-state index < -0.39 is 5.97 Å². The minimum Gasteiger partial charge on any atom is -0.478 e. The Morgan fingerprint density at radius 3 is 2.29 bits per heavy atom. The molecule has 0 radical (unpaired) electrons. The summed E-state index contributed by atoms with van der Waals surface area (Å²) in [6.45, 7) is 3.10. The van der Waals surface area contributed by atoms with Crippen molar-refractivity contribution in [2.24, 2.45) is 0 Å². The van der Waals surface area contributed by atoms with Gasteiger partial charge >= 0.3 is 5.97 Å². The van der Waals surface area contributed by atoms with Crippen LogP contribution < -0.4 is 5.73 Å². The van der Waals surface area contributed by atoms with Crippen LogP contribution in [0, 0.1) is 6.92 Å². The van der Waals surface area contributed by atoms with Crippen molar-refractivity contribution < 1.29 is 14.7 Å². The Morgan fingerprint density at radius 1 is 1.29 bits per heavy atom. The van der Waals surface area contributed by atoms with Crippen LogP contribution in [0.15, 0.2) is 12.1 Å². The molecule has 0 bridgehead atoms. The largest absolute Gasteiger partial charge is 0.478 e. The van der Waals surface area contributed by atoms with Gasteiger partial charge < -0.3 is 10.8 Å². The number of anilines is 1. The van der Waals surface area contributed by atoms with Gasteiger partial charge in [-0.3, -0.25) is 4.79 Å². The molecule has 0 atom stereocenters.